The Hall–Kier alpha value is -1.61. The predicted molar refractivity (Wildman–Crippen MR) is 58.7 cm³/mol. The van der Waals surface area contributed by atoms with Crippen LogP contribution in [-0.2, 0) is 17.8 Å². The van der Waals surface area contributed by atoms with Gasteiger partial charge in [0.2, 0.25) is 0 Å². The molecule has 1 aromatic carbocycles. The smallest absolute Gasteiger partial charge is 0.137 e. The lowest BCUT2D eigenvalue weighted by molar-refractivity contribution is -0.109. The molecule has 0 bridgehead atoms. The van der Waals surface area contributed by atoms with Gasteiger partial charge in [-0.15, -0.1) is 0 Å². The van der Waals surface area contributed by atoms with E-state index in [2.05, 4.69) is 22.4 Å². The Labute approximate surface area is 87.5 Å². The average molecular weight is 200 g/mol. The number of carbonyl (C=O) groups excluding carboxylic acids is 1. The molecule has 2 N–H and O–H groups in total. The molecule has 1 aliphatic rings. The largest absolute Gasteiger partial charge is 0.357 e. The molecular weight excluding hydrogens is 188 g/mol. The molecule has 1 aromatic heterocycles. The van der Waals surface area contributed by atoms with E-state index in [4.69, 9.17) is 0 Å². The topological polar surface area (TPSA) is 44.9 Å². The molecule has 2 heterocycles. The molecule has 0 saturated heterocycles. The number of nitrogens with one attached hydrogen (secondary N) is 2. The maximum atomic E-state index is 10.8. The van der Waals surface area contributed by atoms with Crippen molar-refractivity contribution >= 4 is 17.2 Å². The molecular formula is C12H12N2O. The Morgan fingerprint density at radius 3 is 3.07 bits per heavy atom. The van der Waals surface area contributed by atoms with E-state index in [1.54, 1.807) is 0 Å². The minimum atomic E-state index is -0.0308. The summed E-state index contributed by atoms with van der Waals surface area (Å²) in [4.78, 5) is 14.1. The molecule has 0 aliphatic carbocycles. The van der Waals surface area contributed by atoms with Gasteiger partial charge in [-0.2, -0.15) is 0 Å². The maximum Gasteiger partial charge on any atom is 0.137 e. The standard InChI is InChI=1S/C12H12N2O/c15-7-8-5-10-9-3-1-2-4-11(9)14-12(10)6-13-8/h1-4,7-8,13-14H,5-6H2/t8-/m1/s1. The third-order valence-corrected chi connectivity index (χ3v) is 3.03. The van der Waals surface area contributed by atoms with E-state index in [-0.39, 0.29) is 6.04 Å². The van der Waals surface area contributed by atoms with E-state index >= 15 is 0 Å². The lowest BCUT2D eigenvalue weighted by atomic mass is 9.99. The second kappa shape index (κ2) is 3.21. The number of aldehydes is 1. The summed E-state index contributed by atoms with van der Waals surface area (Å²) in [6.07, 6.45) is 1.79. The van der Waals surface area contributed by atoms with Crippen LogP contribution in [0.4, 0.5) is 0 Å². The van der Waals surface area contributed by atoms with Crippen LogP contribution < -0.4 is 5.32 Å². The normalized spacial score (nSPS) is 20.1. The van der Waals surface area contributed by atoms with Crippen LogP contribution in [0, 0.1) is 0 Å². The second-order valence-corrected chi connectivity index (χ2v) is 3.96. The highest BCUT2D eigenvalue weighted by Gasteiger charge is 2.20. The first-order valence-electron chi connectivity index (χ1n) is 5.15. The van der Waals surface area contributed by atoms with Crippen LogP contribution in [0.25, 0.3) is 10.9 Å². The fraction of sp³-hybridized carbons (Fsp3) is 0.250. The van der Waals surface area contributed by atoms with Gasteiger partial charge in [-0.25, -0.2) is 0 Å². The van der Waals surface area contributed by atoms with Gasteiger partial charge in [-0.05, 0) is 18.1 Å². The summed E-state index contributed by atoms with van der Waals surface area (Å²) >= 11 is 0. The highest BCUT2D eigenvalue weighted by Crippen LogP contribution is 2.25. The number of hydrogen-bond donors (Lipinski definition) is 2. The lowest BCUT2D eigenvalue weighted by Crippen LogP contribution is -2.36. The fourth-order valence-corrected chi connectivity index (χ4v) is 2.26. The van der Waals surface area contributed by atoms with Crippen molar-refractivity contribution in [3.63, 3.8) is 0 Å². The first-order valence-corrected chi connectivity index (χ1v) is 5.15. The number of H-pyrrole nitrogens is 1. The molecule has 2 aromatic rings. The summed E-state index contributed by atoms with van der Waals surface area (Å²) in [7, 11) is 0. The first kappa shape index (κ1) is 8.68. The first-order chi connectivity index (χ1) is 7.38. The average Bonchev–Trinajstić information content (AvgIpc) is 2.66. The number of aromatic amines is 1. The van der Waals surface area contributed by atoms with Crippen molar-refractivity contribution < 1.29 is 4.79 Å². The summed E-state index contributed by atoms with van der Waals surface area (Å²) < 4.78 is 0. The quantitative estimate of drug-likeness (QED) is 0.683. The van der Waals surface area contributed by atoms with Crippen LogP contribution >= 0.6 is 0 Å². The van der Waals surface area contributed by atoms with Crippen molar-refractivity contribution in [3.05, 3.63) is 35.5 Å². The second-order valence-electron chi connectivity index (χ2n) is 3.96. The zero-order valence-electron chi connectivity index (χ0n) is 8.29. The van der Waals surface area contributed by atoms with Crippen molar-refractivity contribution in [1.82, 2.24) is 10.3 Å². The van der Waals surface area contributed by atoms with Crippen LogP contribution in [-0.4, -0.2) is 17.3 Å². The Balaban J connectivity index is 2.18. The van der Waals surface area contributed by atoms with Crippen molar-refractivity contribution in [2.75, 3.05) is 0 Å². The van der Waals surface area contributed by atoms with E-state index in [1.807, 2.05) is 12.1 Å². The van der Waals surface area contributed by atoms with Crippen LogP contribution in [0.5, 0.6) is 0 Å². The number of rotatable bonds is 1. The third-order valence-electron chi connectivity index (χ3n) is 3.03. The van der Waals surface area contributed by atoms with Gasteiger partial charge in [0.25, 0.3) is 0 Å². The van der Waals surface area contributed by atoms with Crippen LogP contribution in [0.3, 0.4) is 0 Å². The fourth-order valence-electron chi connectivity index (χ4n) is 2.26. The number of carbonyl (C=O) groups is 1. The van der Waals surface area contributed by atoms with E-state index in [1.165, 1.54) is 16.6 Å². The molecule has 1 atom stereocenters. The zero-order chi connectivity index (χ0) is 10.3. The predicted octanol–water partition coefficient (Wildman–Crippen LogP) is 1.38. The molecule has 0 fully saturated rings. The minimum Gasteiger partial charge on any atom is -0.357 e. The third kappa shape index (κ3) is 1.27. The molecule has 3 heteroatoms. The number of hydrogen-bond acceptors (Lipinski definition) is 2. The van der Waals surface area contributed by atoms with E-state index < -0.39 is 0 Å². The molecule has 3 nitrogen and oxygen atoms in total. The molecule has 0 amide bonds. The number of para-hydroxylation sites is 1. The number of aromatic nitrogens is 1. The SMILES string of the molecule is O=C[C@H]1Cc2c([nH]c3ccccc23)CN1. The van der Waals surface area contributed by atoms with Gasteiger partial charge in [0.15, 0.2) is 0 Å². The van der Waals surface area contributed by atoms with Crippen LogP contribution in [0.15, 0.2) is 24.3 Å². The lowest BCUT2D eigenvalue weighted by Gasteiger charge is -2.19. The molecule has 76 valence electrons. The summed E-state index contributed by atoms with van der Waals surface area (Å²) in [5, 5.41) is 4.44. The van der Waals surface area contributed by atoms with E-state index in [0.29, 0.717) is 0 Å². The molecule has 0 saturated carbocycles. The Morgan fingerprint density at radius 1 is 1.33 bits per heavy atom. The highest BCUT2D eigenvalue weighted by molar-refractivity contribution is 5.85. The Bertz CT molecular complexity index is 515. The van der Waals surface area contributed by atoms with Gasteiger partial charge in [0, 0.05) is 23.1 Å². The molecule has 3 rings (SSSR count). The number of benzene rings is 1. The van der Waals surface area contributed by atoms with Crippen molar-refractivity contribution in [1.29, 1.82) is 0 Å². The van der Waals surface area contributed by atoms with Gasteiger partial charge in [-0.3, -0.25) is 0 Å². The molecule has 15 heavy (non-hydrogen) atoms. The van der Waals surface area contributed by atoms with Gasteiger partial charge in [0.05, 0.1) is 6.04 Å². The monoisotopic (exact) mass is 200 g/mol. The van der Waals surface area contributed by atoms with Crippen LogP contribution in [0.1, 0.15) is 11.3 Å². The number of fused-ring (bicyclic) bond motifs is 3. The molecule has 0 radical (unpaired) electrons. The summed E-state index contributed by atoms with van der Waals surface area (Å²) in [6, 6.07) is 8.21. The Kier molecular flexibility index (Phi) is 1.86. The molecule has 1 aliphatic heterocycles. The van der Waals surface area contributed by atoms with Crippen LogP contribution in [0.2, 0.25) is 0 Å². The zero-order valence-corrected chi connectivity index (χ0v) is 8.29. The maximum absolute atomic E-state index is 10.8. The van der Waals surface area contributed by atoms with Crippen molar-refractivity contribution in [3.8, 4) is 0 Å². The summed E-state index contributed by atoms with van der Waals surface area (Å²) in [5.74, 6) is 0. The van der Waals surface area contributed by atoms with Gasteiger partial charge >= 0.3 is 0 Å². The minimum absolute atomic E-state index is 0.0308. The molecule has 0 spiro atoms. The van der Waals surface area contributed by atoms with Gasteiger partial charge in [0.1, 0.15) is 6.29 Å². The highest BCUT2D eigenvalue weighted by atomic mass is 16.1. The van der Waals surface area contributed by atoms with E-state index in [9.17, 15) is 4.79 Å². The van der Waals surface area contributed by atoms with Gasteiger partial charge < -0.3 is 15.1 Å². The van der Waals surface area contributed by atoms with Crippen molar-refractivity contribution in [2.24, 2.45) is 0 Å². The summed E-state index contributed by atoms with van der Waals surface area (Å²) in [5.41, 5.74) is 3.67. The van der Waals surface area contributed by atoms with Crippen molar-refractivity contribution in [2.45, 2.75) is 19.0 Å². The van der Waals surface area contributed by atoms with E-state index in [0.717, 1.165) is 24.8 Å². The van der Waals surface area contributed by atoms with Gasteiger partial charge in [-0.1, -0.05) is 18.2 Å². The summed E-state index contributed by atoms with van der Waals surface area (Å²) in [6.45, 7) is 0.757. The Morgan fingerprint density at radius 2 is 2.20 bits per heavy atom. The molecule has 0 unspecified atom stereocenters.